The Hall–Kier alpha value is -0.500. The first kappa shape index (κ1) is 9.50. The van der Waals surface area contributed by atoms with Gasteiger partial charge in [0.15, 0.2) is 0 Å². The minimum Gasteiger partial charge on any atom is -0.481 e. The van der Waals surface area contributed by atoms with Crippen molar-refractivity contribution in [1.29, 1.82) is 0 Å². The molecule has 0 aliphatic rings. The molecule has 1 N–H and O–H groups in total. The van der Waals surface area contributed by atoms with Crippen LogP contribution in [0.25, 0.3) is 0 Å². The number of carboxylic acid groups (broad SMARTS) is 1. The Morgan fingerprint density at radius 2 is 2.40 bits per heavy atom. The summed E-state index contributed by atoms with van der Waals surface area (Å²) in [6, 6.07) is 0. The van der Waals surface area contributed by atoms with E-state index >= 15 is 0 Å². The molecule has 0 amide bonds. The van der Waals surface area contributed by atoms with E-state index in [1.54, 1.807) is 0 Å². The molecule has 0 aromatic rings. The molecule has 0 aromatic heterocycles. The van der Waals surface area contributed by atoms with Gasteiger partial charge in [0.05, 0.1) is 5.92 Å². The SMILES string of the molecule is CCCC(/C=C/Cl)C(=O)O. The number of aliphatic carboxylic acids is 1. The maximum absolute atomic E-state index is 10.4. The van der Waals surface area contributed by atoms with Gasteiger partial charge in [-0.25, -0.2) is 0 Å². The van der Waals surface area contributed by atoms with Gasteiger partial charge in [-0.15, -0.1) is 0 Å². The number of carboxylic acids is 1. The highest BCUT2D eigenvalue weighted by molar-refractivity contribution is 6.25. The van der Waals surface area contributed by atoms with Gasteiger partial charge in [0.25, 0.3) is 0 Å². The summed E-state index contributed by atoms with van der Waals surface area (Å²) in [6.45, 7) is 1.94. The zero-order valence-electron chi connectivity index (χ0n) is 5.88. The van der Waals surface area contributed by atoms with Crippen molar-refractivity contribution >= 4 is 17.6 Å². The molecular weight excluding hydrogens is 152 g/mol. The van der Waals surface area contributed by atoms with Crippen LogP contribution in [-0.2, 0) is 4.79 Å². The summed E-state index contributed by atoms with van der Waals surface area (Å²) >= 11 is 5.23. The molecular formula is C7H11ClO2. The number of halogens is 1. The topological polar surface area (TPSA) is 37.3 Å². The molecule has 0 spiro atoms. The third-order valence-electron chi connectivity index (χ3n) is 1.22. The van der Waals surface area contributed by atoms with Crippen molar-refractivity contribution in [3.63, 3.8) is 0 Å². The Labute approximate surface area is 65.5 Å². The van der Waals surface area contributed by atoms with Crippen molar-refractivity contribution in [3.8, 4) is 0 Å². The monoisotopic (exact) mass is 162 g/mol. The third-order valence-corrected chi connectivity index (χ3v) is 1.37. The largest absolute Gasteiger partial charge is 0.481 e. The minimum atomic E-state index is -0.807. The lowest BCUT2D eigenvalue weighted by atomic mass is 10.1. The molecule has 58 valence electrons. The summed E-state index contributed by atoms with van der Waals surface area (Å²) in [5.74, 6) is -1.22. The van der Waals surface area contributed by atoms with Crippen molar-refractivity contribution in [1.82, 2.24) is 0 Å². The molecule has 0 aromatic carbocycles. The van der Waals surface area contributed by atoms with Crippen molar-refractivity contribution in [2.45, 2.75) is 19.8 Å². The van der Waals surface area contributed by atoms with Crippen molar-refractivity contribution < 1.29 is 9.90 Å². The van der Waals surface area contributed by atoms with Crippen molar-refractivity contribution in [2.75, 3.05) is 0 Å². The average molecular weight is 163 g/mol. The molecule has 10 heavy (non-hydrogen) atoms. The third kappa shape index (κ3) is 3.51. The lowest BCUT2D eigenvalue weighted by Crippen LogP contribution is -2.09. The van der Waals surface area contributed by atoms with E-state index in [1.807, 2.05) is 6.92 Å². The van der Waals surface area contributed by atoms with E-state index in [-0.39, 0.29) is 0 Å². The number of rotatable bonds is 4. The van der Waals surface area contributed by atoms with Gasteiger partial charge in [-0.3, -0.25) is 4.79 Å². The molecule has 0 aliphatic carbocycles. The second-order valence-electron chi connectivity index (χ2n) is 2.05. The van der Waals surface area contributed by atoms with Gasteiger partial charge in [-0.2, -0.15) is 0 Å². The fraction of sp³-hybridized carbons (Fsp3) is 0.571. The molecule has 0 rings (SSSR count). The molecule has 0 radical (unpaired) electrons. The molecule has 1 unspecified atom stereocenters. The second kappa shape index (κ2) is 5.30. The Morgan fingerprint density at radius 3 is 2.70 bits per heavy atom. The summed E-state index contributed by atoms with van der Waals surface area (Å²) in [5.41, 5.74) is 1.26. The lowest BCUT2D eigenvalue weighted by Gasteiger charge is -2.02. The summed E-state index contributed by atoms with van der Waals surface area (Å²) < 4.78 is 0. The Balaban J connectivity index is 3.85. The molecule has 0 fully saturated rings. The number of carbonyl (C=O) groups is 1. The number of hydrogen-bond acceptors (Lipinski definition) is 1. The van der Waals surface area contributed by atoms with Gasteiger partial charge in [0.1, 0.15) is 0 Å². The molecule has 3 heteroatoms. The highest BCUT2D eigenvalue weighted by Crippen LogP contribution is 2.08. The molecule has 1 atom stereocenters. The first-order valence-electron chi connectivity index (χ1n) is 3.22. The smallest absolute Gasteiger partial charge is 0.310 e. The van der Waals surface area contributed by atoms with Crippen LogP contribution in [0.2, 0.25) is 0 Å². The summed E-state index contributed by atoms with van der Waals surface area (Å²) in [6.07, 6.45) is 3.00. The molecule has 0 saturated carbocycles. The minimum absolute atomic E-state index is 0.414. The summed E-state index contributed by atoms with van der Waals surface area (Å²) in [7, 11) is 0. The lowest BCUT2D eigenvalue weighted by molar-refractivity contribution is -0.140. The van der Waals surface area contributed by atoms with Gasteiger partial charge in [0.2, 0.25) is 0 Å². The van der Waals surface area contributed by atoms with Crippen LogP contribution in [0.5, 0.6) is 0 Å². The highest BCUT2D eigenvalue weighted by Gasteiger charge is 2.10. The quantitative estimate of drug-likeness (QED) is 0.689. The fourth-order valence-corrected chi connectivity index (χ4v) is 0.876. The van der Waals surface area contributed by atoms with E-state index in [1.165, 1.54) is 11.6 Å². The summed E-state index contributed by atoms with van der Waals surface area (Å²) in [5, 5.41) is 8.53. The van der Waals surface area contributed by atoms with Gasteiger partial charge < -0.3 is 5.11 Å². The second-order valence-corrected chi connectivity index (χ2v) is 2.30. The predicted octanol–water partition coefficient (Wildman–Crippen LogP) is 2.24. The van der Waals surface area contributed by atoms with Crippen LogP contribution in [0.4, 0.5) is 0 Å². The van der Waals surface area contributed by atoms with Gasteiger partial charge in [0, 0.05) is 5.54 Å². The van der Waals surface area contributed by atoms with Crippen LogP contribution >= 0.6 is 11.6 Å². The highest BCUT2D eigenvalue weighted by atomic mass is 35.5. The van der Waals surface area contributed by atoms with Gasteiger partial charge in [-0.1, -0.05) is 31.0 Å². The zero-order chi connectivity index (χ0) is 7.98. The van der Waals surface area contributed by atoms with Crippen LogP contribution in [0.1, 0.15) is 19.8 Å². The van der Waals surface area contributed by atoms with Crippen molar-refractivity contribution in [2.24, 2.45) is 5.92 Å². The Morgan fingerprint density at radius 1 is 1.80 bits per heavy atom. The van der Waals surface area contributed by atoms with E-state index in [0.717, 1.165) is 6.42 Å². The molecule has 2 nitrogen and oxygen atoms in total. The van der Waals surface area contributed by atoms with Crippen LogP contribution in [0, 0.1) is 5.92 Å². The Bertz CT molecular complexity index is 132. The van der Waals surface area contributed by atoms with Gasteiger partial charge >= 0.3 is 5.97 Å². The Kier molecular flexibility index (Phi) is 5.03. The van der Waals surface area contributed by atoms with E-state index in [0.29, 0.717) is 6.42 Å². The standard InChI is InChI=1S/C7H11ClO2/c1-2-3-6(4-5-8)7(9)10/h4-6H,2-3H2,1H3,(H,9,10)/b5-4+. The van der Waals surface area contributed by atoms with Gasteiger partial charge in [-0.05, 0) is 6.42 Å². The molecule has 0 aliphatic heterocycles. The number of hydrogen-bond donors (Lipinski definition) is 1. The normalized spacial score (nSPS) is 13.8. The molecule has 0 saturated heterocycles. The molecule has 0 heterocycles. The zero-order valence-corrected chi connectivity index (χ0v) is 6.64. The van der Waals surface area contributed by atoms with Crippen LogP contribution in [0.15, 0.2) is 11.6 Å². The maximum Gasteiger partial charge on any atom is 0.310 e. The first-order chi connectivity index (χ1) is 4.72. The first-order valence-corrected chi connectivity index (χ1v) is 3.65. The van der Waals surface area contributed by atoms with Crippen LogP contribution in [-0.4, -0.2) is 11.1 Å². The summed E-state index contributed by atoms with van der Waals surface area (Å²) in [4.78, 5) is 10.4. The maximum atomic E-state index is 10.4. The average Bonchev–Trinajstić information content (AvgIpc) is 1.87. The van der Waals surface area contributed by atoms with E-state index in [4.69, 9.17) is 16.7 Å². The van der Waals surface area contributed by atoms with Crippen LogP contribution < -0.4 is 0 Å². The van der Waals surface area contributed by atoms with E-state index < -0.39 is 11.9 Å². The van der Waals surface area contributed by atoms with Crippen LogP contribution in [0.3, 0.4) is 0 Å². The fourth-order valence-electron chi connectivity index (χ4n) is 0.701. The van der Waals surface area contributed by atoms with E-state index in [2.05, 4.69) is 0 Å². The van der Waals surface area contributed by atoms with Crippen molar-refractivity contribution in [3.05, 3.63) is 11.6 Å². The van der Waals surface area contributed by atoms with E-state index in [9.17, 15) is 4.79 Å². The predicted molar refractivity (Wildman–Crippen MR) is 41.0 cm³/mol. The molecule has 0 bridgehead atoms.